The van der Waals surface area contributed by atoms with E-state index < -0.39 is 10.0 Å². The molecule has 1 saturated heterocycles. The Morgan fingerprint density at radius 1 is 1.23 bits per heavy atom. The molecule has 1 fully saturated rings. The number of sulfonamides is 1. The van der Waals surface area contributed by atoms with Crippen molar-refractivity contribution in [3.05, 3.63) is 29.8 Å². The van der Waals surface area contributed by atoms with Crippen molar-refractivity contribution in [3.8, 4) is 5.75 Å². The molecule has 0 aromatic heterocycles. The first kappa shape index (κ1) is 17.2. The molecule has 1 aliphatic heterocycles. The fourth-order valence-electron chi connectivity index (χ4n) is 2.49. The number of benzene rings is 1. The third kappa shape index (κ3) is 5.94. The number of hydrogen-bond acceptors (Lipinski definition) is 4. The monoisotopic (exact) mass is 326 g/mol. The van der Waals surface area contributed by atoms with E-state index in [2.05, 4.69) is 16.7 Å². The van der Waals surface area contributed by atoms with Crippen molar-refractivity contribution in [2.45, 2.75) is 19.8 Å². The molecule has 0 atom stereocenters. The third-order valence-corrected chi connectivity index (χ3v) is 5.38. The van der Waals surface area contributed by atoms with Crippen molar-refractivity contribution >= 4 is 10.0 Å². The molecule has 1 heterocycles. The van der Waals surface area contributed by atoms with E-state index in [0.717, 1.165) is 31.5 Å². The Labute approximate surface area is 133 Å². The smallest absolute Gasteiger partial charge is 0.214 e. The fraction of sp³-hybridized carbons (Fsp3) is 0.625. The van der Waals surface area contributed by atoms with Gasteiger partial charge in [0.25, 0.3) is 0 Å². The minimum absolute atomic E-state index is 0.00645. The molecule has 5 nitrogen and oxygen atoms in total. The van der Waals surface area contributed by atoms with Crippen LogP contribution in [0.3, 0.4) is 0 Å². The van der Waals surface area contributed by atoms with Gasteiger partial charge in [0, 0.05) is 6.54 Å². The second-order valence-corrected chi connectivity index (χ2v) is 8.00. The number of piperidine rings is 1. The van der Waals surface area contributed by atoms with Gasteiger partial charge in [-0.2, -0.15) is 0 Å². The van der Waals surface area contributed by atoms with Gasteiger partial charge in [-0.05, 0) is 58.0 Å². The molecule has 22 heavy (non-hydrogen) atoms. The normalized spacial score (nSPS) is 17.5. The maximum Gasteiger partial charge on any atom is 0.214 e. The van der Waals surface area contributed by atoms with Gasteiger partial charge in [0.2, 0.25) is 10.0 Å². The van der Waals surface area contributed by atoms with Gasteiger partial charge in [-0.25, -0.2) is 13.1 Å². The van der Waals surface area contributed by atoms with E-state index in [9.17, 15) is 8.42 Å². The second-order valence-electron chi connectivity index (χ2n) is 6.08. The number of aryl methyl sites for hydroxylation is 1. The summed E-state index contributed by atoms with van der Waals surface area (Å²) < 4.78 is 32.2. The molecular weight excluding hydrogens is 300 g/mol. The van der Waals surface area contributed by atoms with Crippen LogP contribution in [0.4, 0.5) is 0 Å². The molecule has 0 saturated carbocycles. The van der Waals surface area contributed by atoms with Crippen LogP contribution in [0.25, 0.3) is 0 Å². The average molecular weight is 326 g/mol. The van der Waals surface area contributed by atoms with Gasteiger partial charge < -0.3 is 9.64 Å². The molecule has 0 spiro atoms. The van der Waals surface area contributed by atoms with Gasteiger partial charge >= 0.3 is 0 Å². The van der Waals surface area contributed by atoms with Gasteiger partial charge in [0.1, 0.15) is 12.4 Å². The molecule has 1 N–H and O–H groups in total. The number of hydrogen-bond donors (Lipinski definition) is 1. The van der Waals surface area contributed by atoms with E-state index in [-0.39, 0.29) is 12.4 Å². The Bertz CT molecular complexity index is 549. The topological polar surface area (TPSA) is 58.6 Å². The highest BCUT2D eigenvalue weighted by atomic mass is 32.2. The van der Waals surface area contributed by atoms with E-state index in [4.69, 9.17) is 4.74 Å². The highest BCUT2D eigenvalue weighted by Crippen LogP contribution is 2.15. The highest BCUT2D eigenvalue weighted by molar-refractivity contribution is 7.89. The molecule has 2 rings (SSSR count). The maximum absolute atomic E-state index is 12.0. The SMILES string of the molecule is Cc1ccc(OCCS(=O)(=O)NCC2CCN(C)CC2)cc1. The van der Waals surface area contributed by atoms with Gasteiger partial charge in [-0.15, -0.1) is 0 Å². The van der Waals surface area contributed by atoms with E-state index in [1.807, 2.05) is 31.2 Å². The largest absolute Gasteiger partial charge is 0.492 e. The van der Waals surface area contributed by atoms with E-state index in [1.54, 1.807) is 0 Å². The van der Waals surface area contributed by atoms with Crippen molar-refractivity contribution in [1.82, 2.24) is 9.62 Å². The van der Waals surface area contributed by atoms with Crippen LogP contribution in [0.15, 0.2) is 24.3 Å². The number of rotatable bonds is 7. The summed E-state index contributed by atoms with van der Waals surface area (Å²) in [7, 11) is -1.16. The zero-order valence-corrected chi connectivity index (χ0v) is 14.2. The maximum atomic E-state index is 12.0. The molecule has 124 valence electrons. The zero-order chi connectivity index (χ0) is 16.0. The van der Waals surface area contributed by atoms with Crippen molar-refractivity contribution in [1.29, 1.82) is 0 Å². The molecule has 0 unspecified atom stereocenters. The summed E-state index contributed by atoms with van der Waals surface area (Å²) in [5.74, 6) is 1.15. The van der Waals surface area contributed by atoms with Crippen molar-refractivity contribution in [3.63, 3.8) is 0 Å². The average Bonchev–Trinajstić information content (AvgIpc) is 2.49. The van der Waals surface area contributed by atoms with Gasteiger partial charge in [-0.1, -0.05) is 17.7 Å². The van der Waals surface area contributed by atoms with Crippen LogP contribution >= 0.6 is 0 Å². The van der Waals surface area contributed by atoms with Crippen LogP contribution in [-0.4, -0.2) is 52.4 Å². The lowest BCUT2D eigenvalue weighted by atomic mass is 9.98. The fourth-order valence-corrected chi connectivity index (χ4v) is 3.42. The number of ether oxygens (including phenoxy) is 1. The first-order valence-electron chi connectivity index (χ1n) is 7.80. The number of nitrogens with zero attached hydrogens (tertiary/aromatic N) is 1. The molecule has 0 bridgehead atoms. The summed E-state index contributed by atoms with van der Waals surface area (Å²) in [6, 6.07) is 7.60. The quantitative estimate of drug-likeness (QED) is 0.827. The number of likely N-dealkylation sites (tertiary alicyclic amines) is 1. The molecule has 1 aromatic rings. The second kappa shape index (κ2) is 7.94. The minimum atomic E-state index is -3.26. The summed E-state index contributed by atoms with van der Waals surface area (Å²) in [6.07, 6.45) is 2.11. The summed E-state index contributed by atoms with van der Waals surface area (Å²) in [6.45, 7) is 4.81. The number of nitrogens with one attached hydrogen (secondary N) is 1. The lowest BCUT2D eigenvalue weighted by Gasteiger charge is -2.28. The van der Waals surface area contributed by atoms with Crippen molar-refractivity contribution in [2.75, 3.05) is 39.0 Å². The zero-order valence-electron chi connectivity index (χ0n) is 13.4. The van der Waals surface area contributed by atoms with Crippen LogP contribution in [0.5, 0.6) is 5.75 Å². The standard InChI is InChI=1S/C16H26N2O3S/c1-14-3-5-16(6-4-14)21-11-12-22(19,20)17-13-15-7-9-18(2)10-8-15/h3-6,15,17H,7-13H2,1-2H3. The van der Waals surface area contributed by atoms with Crippen LogP contribution in [0.2, 0.25) is 0 Å². The summed E-state index contributed by atoms with van der Waals surface area (Å²) in [4.78, 5) is 2.28. The Hall–Kier alpha value is -1.11. The Balaban J connectivity index is 1.68. The highest BCUT2D eigenvalue weighted by Gasteiger charge is 2.19. The molecule has 6 heteroatoms. The molecule has 0 aliphatic carbocycles. The first-order valence-corrected chi connectivity index (χ1v) is 9.45. The lowest BCUT2D eigenvalue weighted by molar-refractivity contribution is 0.220. The third-order valence-electron chi connectivity index (χ3n) is 4.07. The van der Waals surface area contributed by atoms with Crippen LogP contribution in [0, 0.1) is 12.8 Å². The van der Waals surface area contributed by atoms with Crippen molar-refractivity contribution < 1.29 is 13.2 Å². The van der Waals surface area contributed by atoms with Gasteiger partial charge in [0.15, 0.2) is 0 Å². The molecule has 1 aliphatic rings. The summed E-state index contributed by atoms with van der Waals surface area (Å²) in [5.41, 5.74) is 1.15. The predicted molar refractivity (Wildman–Crippen MR) is 88.7 cm³/mol. The molecule has 1 aromatic carbocycles. The van der Waals surface area contributed by atoms with Crippen LogP contribution in [-0.2, 0) is 10.0 Å². The van der Waals surface area contributed by atoms with E-state index in [0.29, 0.717) is 18.2 Å². The molecular formula is C16H26N2O3S. The van der Waals surface area contributed by atoms with Crippen molar-refractivity contribution in [2.24, 2.45) is 5.92 Å². The predicted octanol–water partition coefficient (Wildman–Crippen LogP) is 1.64. The summed E-state index contributed by atoms with van der Waals surface area (Å²) >= 11 is 0. The van der Waals surface area contributed by atoms with Crippen LogP contribution in [0.1, 0.15) is 18.4 Å². The van der Waals surface area contributed by atoms with E-state index >= 15 is 0 Å². The Kier molecular flexibility index (Phi) is 6.23. The van der Waals surface area contributed by atoms with Gasteiger partial charge in [0.05, 0.1) is 5.75 Å². The van der Waals surface area contributed by atoms with Crippen LogP contribution < -0.4 is 9.46 Å². The summed E-state index contributed by atoms with van der Waals surface area (Å²) in [5, 5.41) is 0. The Morgan fingerprint density at radius 3 is 2.50 bits per heavy atom. The molecule has 0 radical (unpaired) electrons. The van der Waals surface area contributed by atoms with Gasteiger partial charge in [-0.3, -0.25) is 0 Å². The Morgan fingerprint density at radius 2 is 1.86 bits per heavy atom. The molecule has 0 amide bonds. The lowest BCUT2D eigenvalue weighted by Crippen LogP contribution is -2.38. The van der Waals surface area contributed by atoms with E-state index in [1.165, 1.54) is 0 Å². The first-order chi connectivity index (χ1) is 10.4. The minimum Gasteiger partial charge on any atom is -0.492 e.